The molecule has 0 spiro atoms. The van der Waals surface area contributed by atoms with Crippen molar-refractivity contribution in [2.24, 2.45) is 5.73 Å². The number of carbonyl (C=O) groups excluding carboxylic acids is 1. The van der Waals surface area contributed by atoms with Crippen molar-refractivity contribution in [2.45, 2.75) is 11.4 Å². The Balaban J connectivity index is 2.84. The van der Waals surface area contributed by atoms with Gasteiger partial charge in [-0.15, -0.1) is 0 Å². The third-order valence-electron chi connectivity index (χ3n) is 2.72. The van der Waals surface area contributed by atoms with Crippen molar-refractivity contribution < 1.29 is 26.4 Å². The molecule has 0 bridgehead atoms. The second-order valence-electron chi connectivity index (χ2n) is 4.34. The molecular formula is C12H17NO6S2. The fourth-order valence-electron chi connectivity index (χ4n) is 1.53. The van der Waals surface area contributed by atoms with E-state index in [2.05, 4.69) is 4.74 Å². The van der Waals surface area contributed by atoms with Crippen LogP contribution in [0.2, 0.25) is 0 Å². The molecule has 1 aromatic rings. The van der Waals surface area contributed by atoms with Crippen LogP contribution in [-0.2, 0) is 35.8 Å². The molecule has 0 unspecified atom stereocenters. The van der Waals surface area contributed by atoms with E-state index in [1.807, 2.05) is 0 Å². The summed E-state index contributed by atoms with van der Waals surface area (Å²) in [5.41, 5.74) is 6.07. The molecule has 2 N–H and O–H groups in total. The Bertz CT molecular complexity index is 709. The number of hydrogen-bond donors (Lipinski definition) is 1. The maximum Gasteiger partial charge on any atom is 0.320 e. The molecule has 0 fully saturated rings. The molecule has 0 amide bonds. The van der Waals surface area contributed by atoms with Gasteiger partial charge in [-0.2, -0.15) is 0 Å². The summed E-state index contributed by atoms with van der Waals surface area (Å²) in [6.07, 6.45) is 0. The summed E-state index contributed by atoms with van der Waals surface area (Å²) >= 11 is 0. The zero-order valence-corrected chi connectivity index (χ0v) is 13.1. The van der Waals surface area contributed by atoms with Crippen molar-refractivity contribution in [3.63, 3.8) is 0 Å². The van der Waals surface area contributed by atoms with E-state index in [0.717, 1.165) is 7.11 Å². The maximum atomic E-state index is 12.1. The molecule has 0 heterocycles. The van der Waals surface area contributed by atoms with Gasteiger partial charge >= 0.3 is 5.97 Å². The number of ether oxygens (including phenoxy) is 1. The smallest absolute Gasteiger partial charge is 0.320 e. The first-order chi connectivity index (χ1) is 9.70. The topological polar surface area (TPSA) is 121 Å². The second-order valence-corrected chi connectivity index (χ2v) is 8.63. The summed E-state index contributed by atoms with van der Waals surface area (Å²) in [7, 11) is -6.52. The molecule has 1 rings (SSSR count). The molecule has 0 saturated carbocycles. The Morgan fingerprint density at radius 1 is 1.19 bits per heavy atom. The van der Waals surface area contributed by atoms with E-state index >= 15 is 0 Å². The average molecular weight is 335 g/mol. The van der Waals surface area contributed by atoms with Crippen LogP contribution in [0.5, 0.6) is 0 Å². The third-order valence-corrected chi connectivity index (χ3v) is 6.20. The van der Waals surface area contributed by atoms with Gasteiger partial charge in [0.15, 0.2) is 19.7 Å². The van der Waals surface area contributed by atoms with E-state index in [-0.39, 0.29) is 11.4 Å². The Hall–Kier alpha value is -1.45. The van der Waals surface area contributed by atoms with Crippen LogP contribution >= 0.6 is 0 Å². The molecule has 0 atom stereocenters. The first kappa shape index (κ1) is 17.6. The van der Waals surface area contributed by atoms with Crippen LogP contribution < -0.4 is 5.73 Å². The number of benzene rings is 1. The van der Waals surface area contributed by atoms with Crippen LogP contribution in [0.1, 0.15) is 5.56 Å². The van der Waals surface area contributed by atoms with Crippen LogP contribution in [0.25, 0.3) is 0 Å². The van der Waals surface area contributed by atoms with E-state index in [1.165, 1.54) is 18.2 Å². The first-order valence-electron chi connectivity index (χ1n) is 5.99. The molecule has 0 aliphatic rings. The summed E-state index contributed by atoms with van der Waals surface area (Å²) in [6, 6.07) is 5.99. The minimum Gasteiger partial charge on any atom is -0.468 e. The lowest BCUT2D eigenvalue weighted by atomic mass is 10.2. The highest BCUT2D eigenvalue weighted by Crippen LogP contribution is 2.14. The minimum absolute atomic E-state index is 0.0127. The van der Waals surface area contributed by atoms with Gasteiger partial charge < -0.3 is 10.5 Å². The van der Waals surface area contributed by atoms with Crippen LogP contribution in [0, 0.1) is 0 Å². The standard InChI is InChI=1S/C12H17NO6S2/c1-19-12(14)9-20(15,16)5-6-21(17,18)11-4-2-3-10(7-11)8-13/h2-4,7H,5-6,8-9,13H2,1H3. The zero-order valence-electron chi connectivity index (χ0n) is 11.5. The van der Waals surface area contributed by atoms with E-state index < -0.39 is 42.9 Å². The molecule has 0 aliphatic heterocycles. The van der Waals surface area contributed by atoms with Crippen molar-refractivity contribution in [2.75, 3.05) is 24.4 Å². The predicted molar refractivity (Wildman–Crippen MR) is 77.1 cm³/mol. The molecular weight excluding hydrogens is 318 g/mol. The Morgan fingerprint density at radius 3 is 2.43 bits per heavy atom. The highest BCUT2D eigenvalue weighted by atomic mass is 32.2. The Labute approximate surface area is 123 Å². The highest BCUT2D eigenvalue weighted by Gasteiger charge is 2.22. The van der Waals surface area contributed by atoms with E-state index in [4.69, 9.17) is 5.73 Å². The van der Waals surface area contributed by atoms with Gasteiger partial charge in [0.1, 0.15) is 5.75 Å². The molecule has 1 aromatic carbocycles. The minimum atomic E-state index is -3.83. The van der Waals surface area contributed by atoms with E-state index in [9.17, 15) is 21.6 Å². The number of hydrogen-bond acceptors (Lipinski definition) is 7. The highest BCUT2D eigenvalue weighted by molar-refractivity contribution is 7.95. The molecule has 9 heteroatoms. The van der Waals surface area contributed by atoms with Crippen molar-refractivity contribution in [3.8, 4) is 0 Å². The maximum absolute atomic E-state index is 12.1. The van der Waals surface area contributed by atoms with Gasteiger partial charge in [0.05, 0.1) is 23.5 Å². The van der Waals surface area contributed by atoms with Crippen LogP contribution in [-0.4, -0.2) is 47.2 Å². The van der Waals surface area contributed by atoms with Crippen molar-refractivity contribution in [1.29, 1.82) is 0 Å². The van der Waals surface area contributed by atoms with Gasteiger partial charge in [0, 0.05) is 6.54 Å². The third kappa shape index (κ3) is 5.44. The van der Waals surface area contributed by atoms with Gasteiger partial charge in [-0.05, 0) is 17.7 Å². The van der Waals surface area contributed by atoms with Crippen LogP contribution in [0.4, 0.5) is 0 Å². The number of sulfone groups is 2. The predicted octanol–water partition coefficient (Wildman–Crippen LogP) is -0.493. The fraction of sp³-hybridized carbons (Fsp3) is 0.417. The van der Waals surface area contributed by atoms with Crippen molar-refractivity contribution >= 4 is 25.6 Å². The second kappa shape index (κ2) is 7.01. The lowest BCUT2D eigenvalue weighted by Crippen LogP contribution is -2.24. The van der Waals surface area contributed by atoms with Crippen LogP contribution in [0.3, 0.4) is 0 Å². The fourth-order valence-corrected chi connectivity index (χ4v) is 4.90. The van der Waals surface area contributed by atoms with E-state index in [0.29, 0.717) is 5.56 Å². The summed E-state index contributed by atoms with van der Waals surface area (Å²) < 4.78 is 51.6. The number of nitrogens with two attached hydrogens (primary N) is 1. The molecule has 0 aromatic heterocycles. The Kier molecular flexibility index (Phi) is 5.87. The molecule has 0 radical (unpaired) electrons. The quantitative estimate of drug-likeness (QED) is 0.667. The summed E-state index contributed by atoms with van der Waals surface area (Å²) in [4.78, 5) is 11.0. The molecule has 118 valence electrons. The molecule has 0 saturated heterocycles. The molecule has 21 heavy (non-hydrogen) atoms. The zero-order chi connectivity index (χ0) is 16.1. The summed E-state index contributed by atoms with van der Waals surface area (Å²) in [6.45, 7) is 0.185. The van der Waals surface area contributed by atoms with Gasteiger partial charge in [-0.25, -0.2) is 16.8 Å². The van der Waals surface area contributed by atoms with E-state index in [1.54, 1.807) is 6.07 Å². The average Bonchev–Trinajstić information content (AvgIpc) is 2.45. The largest absolute Gasteiger partial charge is 0.468 e. The van der Waals surface area contributed by atoms with Crippen molar-refractivity contribution in [1.82, 2.24) is 0 Å². The summed E-state index contributed by atoms with van der Waals surface area (Å²) in [5.74, 6) is -2.99. The number of methoxy groups -OCH3 is 1. The van der Waals surface area contributed by atoms with Gasteiger partial charge in [0.2, 0.25) is 0 Å². The van der Waals surface area contributed by atoms with Gasteiger partial charge in [-0.3, -0.25) is 4.79 Å². The lowest BCUT2D eigenvalue weighted by molar-refractivity contribution is -0.137. The number of rotatable bonds is 7. The number of carbonyl (C=O) groups is 1. The monoisotopic (exact) mass is 335 g/mol. The lowest BCUT2D eigenvalue weighted by Gasteiger charge is -2.07. The van der Waals surface area contributed by atoms with Gasteiger partial charge in [0.25, 0.3) is 0 Å². The number of esters is 1. The van der Waals surface area contributed by atoms with Gasteiger partial charge in [-0.1, -0.05) is 12.1 Å². The first-order valence-corrected chi connectivity index (χ1v) is 9.46. The normalized spacial score (nSPS) is 12.1. The SMILES string of the molecule is COC(=O)CS(=O)(=O)CCS(=O)(=O)c1cccc(CN)c1. The summed E-state index contributed by atoms with van der Waals surface area (Å²) in [5, 5.41) is 0. The van der Waals surface area contributed by atoms with Crippen LogP contribution in [0.15, 0.2) is 29.2 Å². The molecule has 7 nitrogen and oxygen atoms in total. The van der Waals surface area contributed by atoms with Crippen molar-refractivity contribution in [3.05, 3.63) is 29.8 Å². The Morgan fingerprint density at radius 2 is 1.86 bits per heavy atom. The molecule has 0 aliphatic carbocycles.